The fourth-order valence-electron chi connectivity index (χ4n) is 2.88. The summed E-state index contributed by atoms with van der Waals surface area (Å²) in [6, 6.07) is 10.2. The molecule has 0 aliphatic carbocycles. The fraction of sp³-hybridized carbons (Fsp3) is 0.588. The first-order valence-corrected chi connectivity index (χ1v) is 8.26. The number of aliphatic imine (C=N–C) groups is 1. The number of nitrogens with one attached hydrogen (secondary N) is 2. The van der Waals surface area contributed by atoms with Gasteiger partial charge in [0.15, 0.2) is 5.96 Å². The Kier molecular flexibility index (Phi) is 6.90. The number of benzene rings is 1. The zero-order valence-corrected chi connectivity index (χ0v) is 13.9. The van der Waals surface area contributed by atoms with Gasteiger partial charge in [-0.05, 0) is 24.8 Å². The first kappa shape index (κ1) is 18.6. The van der Waals surface area contributed by atoms with Crippen LogP contribution in [0.3, 0.4) is 0 Å². The van der Waals surface area contributed by atoms with Crippen molar-refractivity contribution < 1.29 is 13.2 Å². The third kappa shape index (κ3) is 6.78. The Morgan fingerprint density at radius 1 is 1.29 bits per heavy atom. The highest BCUT2D eigenvalue weighted by Gasteiger charge is 2.34. The van der Waals surface area contributed by atoms with E-state index in [2.05, 4.69) is 27.8 Å². The van der Waals surface area contributed by atoms with E-state index < -0.39 is 12.7 Å². The molecule has 24 heavy (non-hydrogen) atoms. The van der Waals surface area contributed by atoms with Crippen LogP contribution in [0.1, 0.15) is 18.4 Å². The van der Waals surface area contributed by atoms with E-state index in [1.54, 1.807) is 7.05 Å². The third-order valence-electron chi connectivity index (χ3n) is 4.02. The van der Waals surface area contributed by atoms with E-state index in [-0.39, 0.29) is 6.04 Å². The Hall–Kier alpha value is -1.76. The van der Waals surface area contributed by atoms with Gasteiger partial charge in [0.1, 0.15) is 0 Å². The predicted octanol–water partition coefficient (Wildman–Crippen LogP) is 2.42. The average Bonchev–Trinajstić information content (AvgIpc) is 2.96. The summed E-state index contributed by atoms with van der Waals surface area (Å²) < 4.78 is 37.2. The number of hydrogen-bond acceptors (Lipinski definition) is 2. The van der Waals surface area contributed by atoms with Gasteiger partial charge in [-0.1, -0.05) is 30.3 Å². The van der Waals surface area contributed by atoms with Crippen LogP contribution in [-0.2, 0) is 6.42 Å². The van der Waals surface area contributed by atoms with Gasteiger partial charge in [-0.25, -0.2) is 0 Å². The lowest BCUT2D eigenvalue weighted by Gasteiger charge is -2.19. The van der Waals surface area contributed by atoms with Gasteiger partial charge in [0.25, 0.3) is 0 Å². The molecule has 4 nitrogen and oxygen atoms in total. The van der Waals surface area contributed by atoms with Crippen molar-refractivity contribution in [3.05, 3.63) is 35.9 Å². The maximum absolute atomic E-state index is 12.4. The zero-order chi connectivity index (χ0) is 17.4. The van der Waals surface area contributed by atoms with E-state index in [4.69, 9.17) is 0 Å². The molecule has 0 saturated carbocycles. The summed E-state index contributed by atoms with van der Waals surface area (Å²) in [7, 11) is 1.68. The van der Waals surface area contributed by atoms with Crippen molar-refractivity contribution in [2.24, 2.45) is 4.99 Å². The van der Waals surface area contributed by atoms with Crippen LogP contribution in [0, 0.1) is 0 Å². The van der Waals surface area contributed by atoms with Crippen molar-refractivity contribution in [2.75, 3.05) is 33.2 Å². The summed E-state index contributed by atoms with van der Waals surface area (Å²) in [6.45, 7) is 0.786. The van der Waals surface area contributed by atoms with Crippen molar-refractivity contribution in [2.45, 2.75) is 31.5 Å². The number of hydrogen-bond donors (Lipinski definition) is 2. The molecule has 0 spiro atoms. The first-order chi connectivity index (χ1) is 11.5. The Morgan fingerprint density at radius 2 is 2.04 bits per heavy atom. The maximum Gasteiger partial charge on any atom is 0.401 e. The van der Waals surface area contributed by atoms with E-state index in [1.165, 1.54) is 10.5 Å². The van der Waals surface area contributed by atoms with Crippen molar-refractivity contribution in [3.8, 4) is 0 Å². The molecule has 1 fully saturated rings. The van der Waals surface area contributed by atoms with E-state index in [1.807, 2.05) is 18.2 Å². The number of rotatable bonds is 6. The molecule has 1 aliphatic rings. The highest BCUT2D eigenvalue weighted by atomic mass is 19.4. The number of nitrogens with zero attached hydrogens (tertiary/aromatic N) is 2. The predicted molar refractivity (Wildman–Crippen MR) is 90.2 cm³/mol. The van der Waals surface area contributed by atoms with Crippen LogP contribution in [0.15, 0.2) is 35.3 Å². The van der Waals surface area contributed by atoms with Gasteiger partial charge >= 0.3 is 6.18 Å². The second-order valence-electron chi connectivity index (χ2n) is 6.07. The largest absolute Gasteiger partial charge is 0.401 e. The number of guanidine groups is 1. The SMILES string of the molecule is CN=C(NCCCc1ccccc1)NC1CCN(CC(F)(F)F)C1. The average molecular weight is 342 g/mol. The molecule has 1 aromatic carbocycles. The molecular weight excluding hydrogens is 317 g/mol. The van der Waals surface area contributed by atoms with Gasteiger partial charge in [-0.15, -0.1) is 0 Å². The van der Waals surface area contributed by atoms with Gasteiger partial charge in [0.05, 0.1) is 6.54 Å². The molecule has 0 amide bonds. The maximum atomic E-state index is 12.4. The summed E-state index contributed by atoms with van der Waals surface area (Å²) in [5, 5.41) is 6.44. The number of halogens is 3. The summed E-state index contributed by atoms with van der Waals surface area (Å²) >= 11 is 0. The van der Waals surface area contributed by atoms with Crippen molar-refractivity contribution >= 4 is 5.96 Å². The molecule has 1 heterocycles. The van der Waals surface area contributed by atoms with E-state index in [0.717, 1.165) is 19.4 Å². The normalized spacial score (nSPS) is 19.5. The van der Waals surface area contributed by atoms with Gasteiger partial charge in [-0.3, -0.25) is 9.89 Å². The molecule has 1 atom stereocenters. The fourth-order valence-corrected chi connectivity index (χ4v) is 2.88. The first-order valence-electron chi connectivity index (χ1n) is 8.26. The van der Waals surface area contributed by atoms with Crippen LogP contribution in [0.2, 0.25) is 0 Å². The molecule has 0 radical (unpaired) electrons. The molecule has 7 heteroatoms. The number of alkyl halides is 3. The molecule has 2 rings (SSSR count). The molecule has 1 aromatic rings. The lowest BCUT2D eigenvalue weighted by molar-refractivity contribution is -0.143. The van der Waals surface area contributed by atoms with Crippen molar-refractivity contribution in [3.63, 3.8) is 0 Å². The molecule has 2 N–H and O–H groups in total. The highest BCUT2D eigenvalue weighted by Crippen LogP contribution is 2.19. The molecule has 1 aliphatic heterocycles. The van der Waals surface area contributed by atoms with Crippen LogP contribution < -0.4 is 10.6 Å². The minimum absolute atomic E-state index is 0.00710. The van der Waals surface area contributed by atoms with Gasteiger partial charge in [0.2, 0.25) is 0 Å². The minimum atomic E-state index is -4.13. The van der Waals surface area contributed by atoms with E-state index in [9.17, 15) is 13.2 Å². The standard InChI is InChI=1S/C17H25F3N4/c1-21-16(22-10-5-8-14-6-3-2-4-7-14)23-15-9-11-24(12-15)13-17(18,19)20/h2-4,6-7,15H,5,8-13H2,1H3,(H2,21,22,23). The molecule has 1 unspecified atom stereocenters. The van der Waals surface area contributed by atoms with Crippen LogP contribution >= 0.6 is 0 Å². The topological polar surface area (TPSA) is 39.7 Å². The lowest BCUT2D eigenvalue weighted by atomic mass is 10.1. The van der Waals surface area contributed by atoms with Crippen LogP contribution in [-0.4, -0.2) is 56.3 Å². The summed E-state index contributed by atoms with van der Waals surface area (Å²) in [5.41, 5.74) is 1.29. The number of likely N-dealkylation sites (tertiary alicyclic amines) is 1. The quantitative estimate of drug-likeness (QED) is 0.474. The summed E-state index contributed by atoms with van der Waals surface area (Å²) in [5.74, 6) is 0.655. The minimum Gasteiger partial charge on any atom is -0.356 e. The molecule has 1 saturated heterocycles. The van der Waals surface area contributed by atoms with Crippen LogP contribution in [0.4, 0.5) is 13.2 Å². The number of aryl methyl sites for hydroxylation is 1. The molecule has 134 valence electrons. The monoisotopic (exact) mass is 342 g/mol. The lowest BCUT2D eigenvalue weighted by Crippen LogP contribution is -2.45. The van der Waals surface area contributed by atoms with Gasteiger partial charge in [0, 0.05) is 32.7 Å². The smallest absolute Gasteiger partial charge is 0.356 e. The second kappa shape index (κ2) is 8.92. The van der Waals surface area contributed by atoms with Crippen LogP contribution in [0.5, 0.6) is 0 Å². The Balaban J connectivity index is 1.66. The highest BCUT2D eigenvalue weighted by molar-refractivity contribution is 5.79. The Bertz CT molecular complexity index is 516. The molecular formula is C17H25F3N4. The zero-order valence-electron chi connectivity index (χ0n) is 13.9. The van der Waals surface area contributed by atoms with Crippen LogP contribution in [0.25, 0.3) is 0 Å². The van der Waals surface area contributed by atoms with Crippen molar-refractivity contribution in [1.29, 1.82) is 0 Å². The molecule has 0 bridgehead atoms. The van der Waals surface area contributed by atoms with E-state index >= 15 is 0 Å². The van der Waals surface area contributed by atoms with Crippen molar-refractivity contribution in [1.82, 2.24) is 15.5 Å². The Labute approximate surface area is 141 Å². The Morgan fingerprint density at radius 3 is 2.71 bits per heavy atom. The van der Waals surface area contributed by atoms with Gasteiger partial charge < -0.3 is 10.6 Å². The third-order valence-corrected chi connectivity index (χ3v) is 4.02. The summed E-state index contributed by atoms with van der Waals surface area (Å²) in [4.78, 5) is 5.58. The molecule has 0 aromatic heterocycles. The summed E-state index contributed by atoms with van der Waals surface area (Å²) in [6.07, 6.45) is -1.49. The van der Waals surface area contributed by atoms with E-state index in [0.29, 0.717) is 25.5 Å². The second-order valence-corrected chi connectivity index (χ2v) is 6.07. The van der Waals surface area contributed by atoms with Gasteiger partial charge in [-0.2, -0.15) is 13.2 Å².